The van der Waals surface area contributed by atoms with E-state index in [0.717, 1.165) is 12.8 Å². The maximum Gasteiger partial charge on any atom is 0.305 e. The van der Waals surface area contributed by atoms with Crippen molar-refractivity contribution >= 4 is 23.5 Å². The molecule has 0 spiro atoms. The Morgan fingerprint density at radius 3 is 2.70 bits per heavy atom. The van der Waals surface area contributed by atoms with Crippen molar-refractivity contribution in [3.8, 4) is 0 Å². The molecule has 1 aliphatic carbocycles. The van der Waals surface area contributed by atoms with Crippen molar-refractivity contribution in [1.29, 1.82) is 0 Å². The predicted molar refractivity (Wildman–Crippen MR) is 86.0 cm³/mol. The minimum absolute atomic E-state index is 0.0148. The first kappa shape index (κ1) is 17.0. The molecule has 1 saturated carbocycles. The van der Waals surface area contributed by atoms with E-state index in [1.54, 1.807) is 36.2 Å². The number of rotatable bonds is 7. The molecule has 0 aliphatic heterocycles. The van der Waals surface area contributed by atoms with Crippen LogP contribution in [0.1, 0.15) is 36.0 Å². The molecule has 0 radical (unpaired) electrons. The van der Waals surface area contributed by atoms with Crippen molar-refractivity contribution in [2.24, 2.45) is 5.92 Å². The number of hydrogen-bond donors (Lipinski definition) is 1. The van der Waals surface area contributed by atoms with Crippen molar-refractivity contribution in [2.75, 3.05) is 26.0 Å². The van der Waals surface area contributed by atoms with Crippen LogP contribution in [0.5, 0.6) is 0 Å². The van der Waals surface area contributed by atoms with Crippen LogP contribution in [0.15, 0.2) is 24.3 Å². The summed E-state index contributed by atoms with van der Waals surface area (Å²) >= 11 is 0. The Bertz CT molecular complexity index is 596. The molecular weight excluding hydrogens is 296 g/mol. The van der Waals surface area contributed by atoms with Crippen LogP contribution in [0.2, 0.25) is 0 Å². The summed E-state index contributed by atoms with van der Waals surface area (Å²) in [5.41, 5.74) is 1.15. The summed E-state index contributed by atoms with van der Waals surface area (Å²) in [6.07, 6.45) is 2.71. The Labute approximate surface area is 135 Å². The maximum absolute atomic E-state index is 12.4. The van der Waals surface area contributed by atoms with Gasteiger partial charge in [-0.3, -0.25) is 14.4 Å². The number of nitrogens with zero attached hydrogens (tertiary/aromatic N) is 1. The fourth-order valence-corrected chi connectivity index (χ4v) is 2.20. The van der Waals surface area contributed by atoms with Crippen molar-refractivity contribution in [1.82, 2.24) is 4.90 Å². The lowest BCUT2D eigenvalue weighted by molar-refractivity contribution is -0.140. The summed E-state index contributed by atoms with van der Waals surface area (Å²) in [6.45, 7) is 0.465. The summed E-state index contributed by atoms with van der Waals surface area (Å²) in [4.78, 5) is 36.8. The van der Waals surface area contributed by atoms with Gasteiger partial charge in [0.15, 0.2) is 0 Å². The number of amides is 2. The maximum atomic E-state index is 12.4. The van der Waals surface area contributed by atoms with Gasteiger partial charge in [-0.1, -0.05) is 6.07 Å². The Balaban J connectivity index is 1.90. The molecule has 0 aromatic heterocycles. The van der Waals surface area contributed by atoms with E-state index in [1.807, 2.05) is 0 Å². The molecule has 0 saturated heterocycles. The van der Waals surface area contributed by atoms with Crippen molar-refractivity contribution < 1.29 is 19.1 Å². The van der Waals surface area contributed by atoms with Crippen LogP contribution >= 0.6 is 0 Å². The summed E-state index contributed by atoms with van der Waals surface area (Å²) < 4.78 is 4.57. The molecule has 1 aromatic carbocycles. The van der Waals surface area contributed by atoms with E-state index in [4.69, 9.17) is 0 Å². The molecule has 0 atom stereocenters. The largest absolute Gasteiger partial charge is 0.469 e. The number of ether oxygens (including phenoxy) is 1. The minimum atomic E-state index is -0.282. The molecule has 124 valence electrons. The van der Waals surface area contributed by atoms with Crippen LogP contribution in [-0.2, 0) is 14.3 Å². The molecule has 6 heteroatoms. The number of benzene rings is 1. The van der Waals surface area contributed by atoms with Gasteiger partial charge >= 0.3 is 5.97 Å². The van der Waals surface area contributed by atoms with Crippen molar-refractivity contribution in [3.05, 3.63) is 29.8 Å². The zero-order chi connectivity index (χ0) is 16.8. The number of carbonyl (C=O) groups is 3. The van der Waals surface area contributed by atoms with Crippen LogP contribution in [0.3, 0.4) is 0 Å². The van der Waals surface area contributed by atoms with Crippen LogP contribution in [0.4, 0.5) is 5.69 Å². The summed E-state index contributed by atoms with van der Waals surface area (Å²) in [7, 11) is 3.04. The molecule has 6 nitrogen and oxygen atoms in total. The number of methoxy groups -OCH3 is 1. The molecule has 0 heterocycles. The number of esters is 1. The van der Waals surface area contributed by atoms with Crippen LogP contribution in [0.25, 0.3) is 0 Å². The Hall–Kier alpha value is -2.37. The normalized spacial score (nSPS) is 13.3. The monoisotopic (exact) mass is 318 g/mol. The molecule has 1 aromatic rings. The van der Waals surface area contributed by atoms with Gasteiger partial charge in [-0.05, 0) is 37.5 Å². The smallest absolute Gasteiger partial charge is 0.305 e. The highest BCUT2D eigenvalue weighted by molar-refractivity contribution is 5.98. The SMILES string of the molecule is COC(=O)CCCN(C)C(=O)c1cccc(NC(=O)C2CC2)c1. The van der Waals surface area contributed by atoms with Gasteiger partial charge in [0.05, 0.1) is 7.11 Å². The second kappa shape index (κ2) is 7.76. The van der Waals surface area contributed by atoms with E-state index in [0.29, 0.717) is 24.2 Å². The molecule has 23 heavy (non-hydrogen) atoms. The summed E-state index contributed by atoms with van der Waals surface area (Å²) in [6, 6.07) is 6.91. The average molecular weight is 318 g/mol. The topological polar surface area (TPSA) is 75.7 Å². The van der Waals surface area contributed by atoms with Gasteiger partial charge in [0.25, 0.3) is 5.91 Å². The zero-order valence-corrected chi connectivity index (χ0v) is 13.5. The Morgan fingerprint density at radius 1 is 1.30 bits per heavy atom. The molecule has 2 rings (SSSR count). The van der Waals surface area contributed by atoms with E-state index in [1.165, 1.54) is 7.11 Å². The van der Waals surface area contributed by atoms with Crippen LogP contribution in [-0.4, -0.2) is 43.4 Å². The van der Waals surface area contributed by atoms with Crippen LogP contribution in [0, 0.1) is 5.92 Å². The molecule has 1 N–H and O–H groups in total. The minimum Gasteiger partial charge on any atom is -0.469 e. The highest BCUT2D eigenvalue weighted by Crippen LogP contribution is 2.30. The zero-order valence-electron chi connectivity index (χ0n) is 13.5. The molecule has 0 bridgehead atoms. The van der Waals surface area contributed by atoms with Crippen LogP contribution < -0.4 is 5.32 Å². The van der Waals surface area contributed by atoms with E-state index in [-0.39, 0.29) is 30.1 Å². The summed E-state index contributed by atoms with van der Waals surface area (Å²) in [5, 5.41) is 2.83. The van der Waals surface area contributed by atoms with Gasteiger partial charge in [-0.15, -0.1) is 0 Å². The predicted octanol–water partition coefficient (Wildman–Crippen LogP) is 2.06. The number of carbonyl (C=O) groups excluding carboxylic acids is 3. The van der Waals surface area contributed by atoms with Gasteiger partial charge < -0.3 is 15.0 Å². The van der Waals surface area contributed by atoms with E-state index in [9.17, 15) is 14.4 Å². The molecule has 2 amide bonds. The third kappa shape index (κ3) is 5.09. The van der Waals surface area contributed by atoms with Gasteiger partial charge in [-0.25, -0.2) is 0 Å². The first-order valence-corrected chi connectivity index (χ1v) is 7.74. The van der Waals surface area contributed by atoms with Gasteiger partial charge in [0.2, 0.25) is 5.91 Å². The first-order valence-electron chi connectivity index (χ1n) is 7.74. The average Bonchev–Trinajstić information content (AvgIpc) is 3.39. The lowest BCUT2D eigenvalue weighted by Gasteiger charge is -2.17. The second-order valence-electron chi connectivity index (χ2n) is 5.75. The Kier molecular flexibility index (Phi) is 5.73. The highest BCUT2D eigenvalue weighted by atomic mass is 16.5. The van der Waals surface area contributed by atoms with Gasteiger partial charge in [0.1, 0.15) is 0 Å². The third-order valence-electron chi connectivity index (χ3n) is 3.77. The molecule has 1 fully saturated rings. The molecule has 0 unspecified atom stereocenters. The van der Waals surface area contributed by atoms with Crippen molar-refractivity contribution in [2.45, 2.75) is 25.7 Å². The third-order valence-corrected chi connectivity index (χ3v) is 3.77. The number of hydrogen-bond acceptors (Lipinski definition) is 4. The van der Waals surface area contributed by atoms with Gasteiger partial charge in [-0.2, -0.15) is 0 Å². The first-order chi connectivity index (χ1) is 11.0. The van der Waals surface area contributed by atoms with Gasteiger partial charge in [0, 0.05) is 37.2 Å². The van der Waals surface area contributed by atoms with E-state index >= 15 is 0 Å². The fourth-order valence-electron chi connectivity index (χ4n) is 2.20. The number of nitrogens with one attached hydrogen (secondary N) is 1. The van der Waals surface area contributed by atoms with E-state index in [2.05, 4.69) is 10.1 Å². The number of anilines is 1. The lowest BCUT2D eigenvalue weighted by atomic mass is 10.1. The molecular formula is C17H22N2O4. The molecule has 1 aliphatic rings. The Morgan fingerprint density at radius 2 is 2.04 bits per heavy atom. The fraction of sp³-hybridized carbons (Fsp3) is 0.471. The quantitative estimate of drug-likeness (QED) is 0.781. The van der Waals surface area contributed by atoms with E-state index < -0.39 is 0 Å². The summed E-state index contributed by atoms with van der Waals surface area (Å²) in [5.74, 6) is -0.288. The second-order valence-corrected chi connectivity index (χ2v) is 5.75. The van der Waals surface area contributed by atoms with Crippen molar-refractivity contribution in [3.63, 3.8) is 0 Å². The lowest BCUT2D eigenvalue weighted by Crippen LogP contribution is -2.28. The standard InChI is InChI=1S/C17H22N2O4/c1-19(10-4-7-15(20)23-2)17(22)13-5-3-6-14(11-13)18-16(21)12-8-9-12/h3,5-6,11-12H,4,7-10H2,1-2H3,(H,18,21). The highest BCUT2D eigenvalue weighted by Gasteiger charge is 2.29.